The summed E-state index contributed by atoms with van der Waals surface area (Å²) < 4.78 is 1.78. The molecular formula is C10H16N2OS. The van der Waals surface area contributed by atoms with Crippen molar-refractivity contribution in [2.24, 2.45) is 7.05 Å². The molecule has 3 nitrogen and oxygen atoms in total. The summed E-state index contributed by atoms with van der Waals surface area (Å²) in [5.41, 5.74) is 1.13. The maximum Gasteiger partial charge on any atom is 0.0700 e. The molecule has 78 valence electrons. The van der Waals surface area contributed by atoms with Crippen LogP contribution in [-0.4, -0.2) is 32.0 Å². The maximum atomic E-state index is 9.95. The normalized spacial score (nSPS) is 24.0. The monoisotopic (exact) mass is 212 g/mol. The molecule has 0 aliphatic carbocycles. The average Bonchev–Trinajstić information content (AvgIpc) is 2.75. The Kier molecular flexibility index (Phi) is 3.13. The Morgan fingerprint density at radius 3 is 3.21 bits per heavy atom. The molecule has 2 heterocycles. The molecule has 0 bridgehead atoms. The number of thioether (sulfide) groups is 1. The van der Waals surface area contributed by atoms with Crippen molar-refractivity contribution >= 4 is 11.8 Å². The standard InChI is InChI=1S/C10H16N2OS/c1-12-7-8(6-11-12)5-9(13)10-3-2-4-14-10/h6-7,9-10,13H,2-5H2,1H3. The van der Waals surface area contributed by atoms with Crippen molar-refractivity contribution in [2.75, 3.05) is 5.75 Å². The van der Waals surface area contributed by atoms with Crippen LogP contribution >= 0.6 is 11.8 Å². The molecule has 0 radical (unpaired) electrons. The third kappa shape index (κ3) is 2.30. The highest BCUT2D eigenvalue weighted by Crippen LogP contribution is 2.29. The Morgan fingerprint density at radius 1 is 1.79 bits per heavy atom. The number of aliphatic hydroxyl groups excluding tert-OH is 1. The molecule has 4 heteroatoms. The Morgan fingerprint density at radius 2 is 2.64 bits per heavy atom. The fourth-order valence-electron chi connectivity index (χ4n) is 1.86. The third-order valence-corrected chi connectivity index (χ3v) is 4.10. The van der Waals surface area contributed by atoms with Gasteiger partial charge in [0.15, 0.2) is 0 Å². The molecule has 0 amide bonds. The Bertz CT molecular complexity index is 294. The molecule has 2 rings (SSSR count). The second-order valence-electron chi connectivity index (χ2n) is 3.85. The van der Waals surface area contributed by atoms with E-state index in [9.17, 15) is 5.11 Å². The number of hydrogen-bond acceptors (Lipinski definition) is 3. The van der Waals surface area contributed by atoms with Crippen LogP contribution in [0.3, 0.4) is 0 Å². The number of hydrogen-bond donors (Lipinski definition) is 1. The summed E-state index contributed by atoms with van der Waals surface area (Å²) in [5.74, 6) is 1.20. The minimum Gasteiger partial charge on any atom is -0.392 e. The van der Waals surface area contributed by atoms with Gasteiger partial charge >= 0.3 is 0 Å². The highest BCUT2D eigenvalue weighted by atomic mass is 32.2. The highest BCUT2D eigenvalue weighted by Gasteiger charge is 2.24. The lowest BCUT2D eigenvalue weighted by atomic mass is 10.1. The lowest BCUT2D eigenvalue weighted by molar-refractivity contribution is 0.170. The van der Waals surface area contributed by atoms with E-state index in [4.69, 9.17) is 0 Å². The molecule has 14 heavy (non-hydrogen) atoms. The van der Waals surface area contributed by atoms with Crippen molar-refractivity contribution in [1.29, 1.82) is 0 Å². The zero-order valence-electron chi connectivity index (χ0n) is 8.39. The van der Waals surface area contributed by atoms with Crippen molar-refractivity contribution in [1.82, 2.24) is 9.78 Å². The maximum absolute atomic E-state index is 9.95. The van der Waals surface area contributed by atoms with E-state index in [1.165, 1.54) is 12.2 Å². The van der Waals surface area contributed by atoms with Gasteiger partial charge in [-0.05, 0) is 24.2 Å². The molecule has 2 unspecified atom stereocenters. The predicted molar refractivity (Wildman–Crippen MR) is 58.4 cm³/mol. The SMILES string of the molecule is Cn1cc(CC(O)C2CCCS2)cn1. The van der Waals surface area contributed by atoms with E-state index in [0.29, 0.717) is 5.25 Å². The molecule has 1 saturated heterocycles. The summed E-state index contributed by atoms with van der Waals surface area (Å²) in [7, 11) is 1.90. The van der Waals surface area contributed by atoms with E-state index in [1.54, 1.807) is 4.68 Å². The summed E-state index contributed by atoms with van der Waals surface area (Å²) in [6.07, 6.45) is 6.76. The van der Waals surface area contributed by atoms with Crippen LogP contribution in [0.15, 0.2) is 12.4 Å². The molecule has 2 atom stereocenters. The van der Waals surface area contributed by atoms with Crippen LogP contribution in [-0.2, 0) is 13.5 Å². The quantitative estimate of drug-likeness (QED) is 0.818. The van der Waals surface area contributed by atoms with Gasteiger partial charge in [0.1, 0.15) is 0 Å². The summed E-state index contributed by atoms with van der Waals surface area (Å²) in [4.78, 5) is 0. The van der Waals surface area contributed by atoms with E-state index in [1.807, 2.05) is 31.2 Å². The van der Waals surface area contributed by atoms with E-state index in [-0.39, 0.29) is 6.10 Å². The number of nitrogens with zero attached hydrogens (tertiary/aromatic N) is 2. The van der Waals surface area contributed by atoms with Crippen LogP contribution in [0.1, 0.15) is 18.4 Å². The van der Waals surface area contributed by atoms with Crippen LogP contribution in [0.2, 0.25) is 0 Å². The van der Waals surface area contributed by atoms with E-state index in [2.05, 4.69) is 5.10 Å². The van der Waals surface area contributed by atoms with E-state index in [0.717, 1.165) is 18.4 Å². The highest BCUT2D eigenvalue weighted by molar-refractivity contribution is 8.00. The summed E-state index contributed by atoms with van der Waals surface area (Å²) in [6.45, 7) is 0. The number of aromatic nitrogens is 2. The lowest BCUT2D eigenvalue weighted by Gasteiger charge is -2.15. The van der Waals surface area contributed by atoms with Crippen molar-refractivity contribution in [2.45, 2.75) is 30.6 Å². The Labute approximate surface area is 88.5 Å². The van der Waals surface area contributed by atoms with Gasteiger partial charge in [-0.15, -0.1) is 0 Å². The lowest BCUT2D eigenvalue weighted by Crippen LogP contribution is -2.22. The van der Waals surface area contributed by atoms with Crippen LogP contribution in [0.4, 0.5) is 0 Å². The molecule has 1 fully saturated rings. The molecule has 1 N–H and O–H groups in total. The summed E-state index contributed by atoms with van der Waals surface area (Å²) >= 11 is 1.90. The van der Waals surface area contributed by atoms with Gasteiger partial charge in [-0.2, -0.15) is 16.9 Å². The molecular weight excluding hydrogens is 196 g/mol. The van der Waals surface area contributed by atoms with E-state index < -0.39 is 0 Å². The zero-order chi connectivity index (χ0) is 9.97. The molecule has 1 aromatic heterocycles. The topological polar surface area (TPSA) is 38.0 Å². The molecule has 1 aliphatic heterocycles. The Balaban J connectivity index is 1.90. The number of rotatable bonds is 3. The van der Waals surface area contributed by atoms with Gasteiger partial charge in [0.05, 0.1) is 12.3 Å². The first-order chi connectivity index (χ1) is 6.75. The van der Waals surface area contributed by atoms with Crippen LogP contribution in [0.5, 0.6) is 0 Å². The van der Waals surface area contributed by atoms with Gasteiger partial charge < -0.3 is 5.11 Å². The van der Waals surface area contributed by atoms with E-state index >= 15 is 0 Å². The zero-order valence-corrected chi connectivity index (χ0v) is 9.20. The van der Waals surface area contributed by atoms with Crippen molar-refractivity contribution in [3.05, 3.63) is 18.0 Å². The molecule has 0 aromatic carbocycles. The first-order valence-electron chi connectivity index (χ1n) is 5.03. The second kappa shape index (κ2) is 4.36. The Hall–Kier alpha value is -0.480. The van der Waals surface area contributed by atoms with Crippen LogP contribution in [0.25, 0.3) is 0 Å². The van der Waals surface area contributed by atoms with Gasteiger partial charge in [-0.3, -0.25) is 4.68 Å². The fraction of sp³-hybridized carbons (Fsp3) is 0.700. The van der Waals surface area contributed by atoms with Crippen molar-refractivity contribution < 1.29 is 5.11 Å². The first-order valence-corrected chi connectivity index (χ1v) is 6.08. The third-order valence-electron chi connectivity index (χ3n) is 2.60. The van der Waals surface area contributed by atoms with Gasteiger partial charge in [0.25, 0.3) is 0 Å². The largest absolute Gasteiger partial charge is 0.392 e. The van der Waals surface area contributed by atoms with Gasteiger partial charge in [0, 0.05) is 24.9 Å². The number of aryl methyl sites for hydroxylation is 1. The smallest absolute Gasteiger partial charge is 0.0700 e. The van der Waals surface area contributed by atoms with Crippen LogP contribution < -0.4 is 0 Å². The predicted octanol–water partition coefficient (Wildman–Crippen LogP) is 1.22. The fourth-order valence-corrected chi connectivity index (χ4v) is 3.14. The first kappa shape index (κ1) is 10.1. The molecule has 1 aromatic rings. The average molecular weight is 212 g/mol. The summed E-state index contributed by atoms with van der Waals surface area (Å²) in [5, 5.41) is 14.5. The number of aliphatic hydroxyl groups is 1. The summed E-state index contributed by atoms with van der Waals surface area (Å²) in [6, 6.07) is 0. The van der Waals surface area contributed by atoms with Gasteiger partial charge in [0.2, 0.25) is 0 Å². The van der Waals surface area contributed by atoms with Gasteiger partial charge in [-0.25, -0.2) is 0 Å². The molecule has 0 spiro atoms. The van der Waals surface area contributed by atoms with Crippen molar-refractivity contribution in [3.63, 3.8) is 0 Å². The van der Waals surface area contributed by atoms with Crippen LogP contribution in [0, 0.1) is 0 Å². The second-order valence-corrected chi connectivity index (χ2v) is 5.19. The van der Waals surface area contributed by atoms with Gasteiger partial charge in [-0.1, -0.05) is 0 Å². The molecule has 0 saturated carbocycles. The molecule has 1 aliphatic rings. The van der Waals surface area contributed by atoms with Crippen molar-refractivity contribution in [3.8, 4) is 0 Å². The minimum atomic E-state index is -0.202. The minimum absolute atomic E-state index is 0.202.